The molecule has 1 fully saturated rings. The highest BCUT2D eigenvalue weighted by Crippen LogP contribution is 2.28. The van der Waals surface area contributed by atoms with Crippen molar-refractivity contribution in [1.82, 2.24) is 10.6 Å². The Labute approximate surface area is 107 Å². The van der Waals surface area contributed by atoms with Crippen LogP contribution < -0.4 is 15.4 Å². The lowest BCUT2D eigenvalue weighted by Gasteiger charge is -2.25. The maximum absolute atomic E-state index is 12.7. The summed E-state index contributed by atoms with van der Waals surface area (Å²) >= 11 is 0. The van der Waals surface area contributed by atoms with Crippen molar-refractivity contribution in [3.8, 4) is 5.75 Å². The van der Waals surface area contributed by atoms with Gasteiger partial charge in [0.1, 0.15) is 5.75 Å². The van der Waals surface area contributed by atoms with E-state index in [1.165, 1.54) is 12.1 Å². The maximum atomic E-state index is 12.7. The number of hydrogen-bond acceptors (Lipinski definition) is 3. The minimum atomic E-state index is -4.47. The monoisotopic (exact) mass is 278 g/mol. The summed E-state index contributed by atoms with van der Waals surface area (Å²) in [4.78, 5) is 0. The van der Waals surface area contributed by atoms with E-state index >= 15 is 0 Å². The fraction of sp³-hybridized carbons (Fsp3) is 0.500. The molecule has 2 rings (SSSR count). The fourth-order valence-electron chi connectivity index (χ4n) is 1.86. The van der Waals surface area contributed by atoms with Crippen molar-refractivity contribution in [2.75, 3.05) is 19.6 Å². The first-order valence-corrected chi connectivity index (χ1v) is 5.88. The predicted octanol–water partition coefficient (Wildman–Crippen LogP) is 2.16. The van der Waals surface area contributed by atoms with Gasteiger partial charge in [0.25, 0.3) is 0 Å². The molecule has 0 unspecified atom stereocenters. The number of halogens is 4. The van der Waals surface area contributed by atoms with E-state index in [-0.39, 0.29) is 11.8 Å². The number of ether oxygens (including phenoxy) is 1. The summed E-state index contributed by atoms with van der Waals surface area (Å²) in [6.07, 6.45) is -8.32. The van der Waals surface area contributed by atoms with Crippen molar-refractivity contribution in [2.45, 2.75) is 18.6 Å². The molecule has 1 heterocycles. The molecule has 1 aromatic rings. The Morgan fingerprint density at radius 2 is 1.84 bits per heavy atom. The van der Waals surface area contributed by atoms with Crippen LogP contribution in [0.1, 0.15) is 11.6 Å². The fourth-order valence-corrected chi connectivity index (χ4v) is 1.86. The smallest absolute Gasteiger partial charge is 0.428 e. The molecule has 7 heteroatoms. The normalized spacial score (nSPS) is 20.6. The van der Waals surface area contributed by atoms with Crippen LogP contribution in [0.15, 0.2) is 24.3 Å². The Morgan fingerprint density at radius 1 is 1.16 bits per heavy atom. The van der Waals surface area contributed by atoms with Gasteiger partial charge >= 0.3 is 12.5 Å². The van der Waals surface area contributed by atoms with Gasteiger partial charge in [0.05, 0.1) is 0 Å². The molecular weight excluding hydrogens is 264 g/mol. The lowest BCUT2D eigenvalue weighted by molar-refractivity contribution is -0.253. The van der Waals surface area contributed by atoms with E-state index in [1.54, 1.807) is 12.1 Å². The lowest BCUT2D eigenvalue weighted by Crippen LogP contribution is -2.42. The van der Waals surface area contributed by atoms with Gasteiger partial charge in [-0.1, -0.05) is 12.1 Å². The molecule has 0 aromatic heterocycles. The van der Waals surface area contributed by atoms with Gasteiger partial charge < -0.3 is 15.4 Å². The SMILES string of the molecule is FC(F)C(F)(F)Oc1ccc([C@@H]2CNCCN2)cc1. The second-order valence-electron chi connectivity index (χ2n) is 4.24. The Bertz CT molecular complexity index is 405. The van der Waals surface area contributed by atoms with Crippen molar-refractivity contribution < 1.29 is 22.3 Å². The molecule has 1 saturated heterocycles. The quantitative estimate of drug-likeness (QED) is 0.828. The molecule has 0 spiro atoms. The van der Waals surface area contributed by atoms with Gasteiger partial charge in [0.2, 0.25) is 0 Å². The number of nitrogens with one attached hydrogen (secondary N) is 2. The minimum Gasteiger partial charge on any atom is -0.428 e. The van der Waals surface area contributed by atoms with Gasteiger partial charge in [-0.15, -0.1) is 0 Å². The Hall–Kier alpha value is -1.34. The lowest BCUT2D eigenvalue weighted by atomic mass is 10.1. The molecule has 1 aliphatic heterocycles. The van der Waals surface area contributed by atoms with Crippen LogP contribution in [0.4, 0.5) is 17.6 Å². The summed E-state index contributed by atoms with van der Waals surface area (Å²) in [7, 11) is 0. The number of alkyl halides is 4. The summed E-state index contributed by atoms with van der Waals surface area (Å²) in [5.74, 6) is -0.280. The van der Waals surface area contributed by atoms with Crippen LogP contribution in [0.3, 0.4) is 0 Å². The van der Waals surface area contributed by atoms with Crippen LogP contribution in [0, 0.1) is 0 Å². The highest BCUT2D eigenvalue weighted by molar-refractivity contribution is 5.30. The van der Waals surface area contributed by atoms with Crippen LogP contribution >= 0.6 is 0 Å². The molecule has 3 nitrogen and oxygen atoms in total. The molecule has 2 N–H and O–H groups in total. The zero-order valence-electron chi connectivity index (χ0n) is 10.0. The predicted molar refractivity (Wildman–Crippen MR) is 61.6 cm³/mol. The van der Waals surface area contributed by atoms with Crippen molar-refractivity contribution in [2.24, 2.45) is 0 Å². The van der Waals surface area contributed by atoms with E-state index in [2.05, 4.69) is 15.4 Å². The average molecular weight is 278 g/mol. The van der Waals surface area contributed by atoms with Crippen molar-refractivity contribution in [3.63, 3.8) is 0 Å². The standard InChI is InChI=1S/C12H14F4N2O/c13-11(14)12(15,16)19-9-3-1-8(2-4-9)10-7-17-5-6-18-10/h1-4,10-11,17-18H,5-7H2/t10-/m0/s1. The summed E-state index contributed by atoms with van der Waals surface area (Å²) < 4.78 is 53.3. The second kappa shape index (κ2) is 5.75. The third-order valence-electron chi connectivity index (χ3n) is 2.83. The second-order valence-corrected chi connectivity index (χ2v) is 4.24. The number of rotatable bonds is 4. The van der Waals surface area contributed by atoms with Crippen molar-refractivity contribution in [3.05, 3.63) is 29.8 Å². The first-order chi connectivity index (χ1) is 8.99. The topological polar surface area (TPSA) is 33.3 Å². The Kier molecular flexibility index (Phi) is 4.26. The molecule has 19 heavy (non-hydrogen) atoms. The van der Waals surface area contributed by atoms with Gasteiger partial charge in [-0.25, -0.2) is 0 Å². The zero-order valence-corrected chi connectivity index (χ0v) is 10.0. The van der Waals surface area contributed by atoms with Gasteiger partial charge in [-0.3, -0.25) is 0 Å². The molecule has 0 saturated carbocycles. The molecule has 1 aliphatic rings. The van der Waals surface area contributed by atoms with Crippen LogP contribution in [0.5, 0.6) is 5.75 Å². The van der Waals surface area contributed by atoms with E-state index < -0.39 is 12.5 Å². The molecule has 1 atom stereocenters. The third-order valence-corrected chi connectivity index (χ3v) is 2.83. The number of benzene rings is 1. The van der Waals surface area contributed by atoms with Gasteiger partial charge in [-0.2, -0.15) is 17.6 Å². The van der Waals surface area contributed by atoms with Crippen LogP contribution in [-0.2, 0) is 0 Å². The molecule has 1 aromatic carbocycles. The molecular formula is C12H14F4N2O. The highest BCUT2D eigenvalue weighted by Gasteiger charge is 2.43. The largest absolute Gasteiger partial charge is 0.461 e. The van der Waals surface area contributed by atoms with Gasteiger partial charge in [0, 0.05) is 25.7 Å². The van der Waals surface area contributed by atoms with Gasteiger partial charge in [0.15, 0.2) is 0 Å². The number of hydrogen-bond donors (Lipinski definition) is 2. The molecule has 0 aliphatic carbocycles. The maximum Gasteiger partial charge on any atom is 0.461 e. The van der Waals surface area contributed by atoms with Crippen LogP contribution in [0.25, 0.3) is 0 Å². The van der Waals surface area contributed by atoms with E-state index in [9.17, 15) is 17.6 Å². The first-order valence-electron chi connectivity index (χ1n) is 5.88. The van der Waals surface area contributed by atoms with Crippen molar-refractivity contribution in [1.29, 1.82) is 0 Å². The molecule has 106 valence electrons. The van der Waals surface area contributed by atoms with E-state index in [4.69, 9.17) is 0 Å². The molecule has 0 radical (unpaired) electrons. The minimum absolute atomic E-state index is 0.0819. The van der Waals surface area contributed by atoms with Crippen LogP contribution in [0.2, 0.25) is 0 Å². The van der Waals surface area contributed by atoms with E-state index in [0.29, 0.717) is 0 Å². The zero-order chi connectivity index (χ0) is 13.9. The summed E-state index contributed by atoms with van der Waals surface area (Å²) in [6.45, 7) is 2.41. The average Bonchev–Trinajstić information content (AvgIpc) is 2.40. The first kappa shape index (κ1) is 14.1. The molecule has 0 amide bonds. The van der Waals surface area contributed by atoms with Crippen LogP contribution in [-0.4, -0.2) is 32.2 Å². The highest BCUT2D eigenvalue weighted by atomic mass is 19.3. The number of piperazine rings is 1. The summed E-state index contributed by atoms with van der Waals surface area (Å²) in [5, 5.41) is 6.44. The van der Waals surface area contributed by atoms with Gasteiger partial charge in [-0.05, 0) is 17.7 Å². The third kappa shape index (κ3) is 3.57. The van der Waals surface area contributed by atoms with E-state index in [0.717, 1.165) is 25.2 Å². The summed E-state index contributed by atoms with van der Waals surface area (Å²) in [6, 6.07) is 5.78. The Morgan fingerprint density at radius 3 is 2.37 bits per heavy atom. The van der Waals surface area contributed by atoms with E-state index in [1.807, 2.05) is 0 Å². The Balaban J connectivity index is 2.02. The van der Waals surface area contributed by atoms with Crippen molar-refractivity contribution >= 4 is 0 Å². The summed E-state index contributed by atoms with van der Waals surface area (Å²) in [5.41, 5.74) is 0.889. The molecule has 0 bridgehead atoms.